The highest BCUT2D eigenvalue weighted by Gasteiger charge is 2.45. The zero-order valence-corrected chi connectivity index (χ0v) is 29.7. The molecule has 0 aliphatic carbocycles. The van der Waals surface area contributed by atoms with Gasteiger partial charge in [-0.15, -0.1) is 0 Å². The zero-order valence-electron chi connectivity index (χ0n) is 29.7. The molecule has 0 radical (unpaired) electrons. The van der Waals surface area contributed by atoms with E-state index in [0.717, 1.165) is 12.8 Å². The number of nitrogens with zero attached hydrogens (tertiary/aromatic N) is 2. The van der Waals surface area contributed by atoms with Crippen LogP contribution in [0.2, 0.25) is 0 Å². The summed E-state index contributed by atoms with van der Waals surface area (Å²) < 4.78 is 11.7. The van der Waals surface area contributed by atoms with Crippen LogP contribution >= 0.6 is 0 Å². The fourth-order valence-corrected chi connectivity index (χ4v) is 6.43. The van der Waals surface area contributed by atoms with Crippen molar-refractivity contribution in [2.45, 2.75) is 150 Å². The van der Waals surface area contributed by atoms with Crippen LogP contribution in [0.15, 0.2) is 0 Å². The number of likely N-dealkylation sites (tertiary alicyclic amines) is 1. The quantitative estimate of drug-likeness (QED) is 0.0676. The molecule has 1 rings (SSSR count). The lowest BCUT2D eigenvalue weighted by molar-refractivity contribution is -0.159. The molecule has 2 unspecified atom stereocenters. The SMILES string of the molecule is CCCCCC(CCCCC)CCOC(=O)C1CN(C(=O)CCN(C)C)CC1C(=O)OCCC(CCCCC)CCCCC. The predicted octanol–water partition coefficient (Wildman–Crippen LogP) is 8.43. The number of carbonyl (C=O) groups excluding carboxylic acids is 3. The molecule has 1 heterocycles. The van der Waals surface area contributed by atoms with Gasteiger partial charge in [-0.05, 0) is 38.8 Å². The highest BCUT2D eigenvalue weighted by atomic mass is 16.5. The normalized spacial score (nSPS) is 16.8. The molecule has 2 atom stereocenters. The Balaban J connectivity index is 2.80. The minimum Gasteiger partial charge on any atom is -0.465 e. The van der Waals surface area contributed by atoms with Gasteiger partial charge in [-0.1, -0.05) is 130 Å². The molecule has 1 aliphatic rings. The van der Waals surface area contributed by atoms with Gasteiger partial charge in [0, 0.05) is 26.1 Å². The summed E-state index contributed by atoms with van der Waals surface area (Å²) in [5, 5.41) is 0. The monoisotopic (exact) mass is 623 g/mol. The summed E-state index contributed by atoms with van der Waals surface area (Å²) in [6.45, 7) is 10.8. The number of carbonyl (C=O) groups is 3. The first-order valence-electron chi connectivity index (χ1n) is 18.5. The Morgan fingerprint density at radius 3 is 1.30 bits per heavy atom. The van der Waals surface area contributed by atoms with Crippen LogP contribution in [0.4, 0.5) is 0 Å². The molecule has 1 saturated heterocycles. The fraction of sp³-hybridized carbons (Fsp3) is 0.919. The summed E-state index contributed by atoms with van der Waals surface area (Å²) in [6.07, 6.45) is 21.5. The van der Waals surface area contributed by atoms with Crippen molar-refractivity contribution in [3.63, 3.8) is 0 Å². The minimum atomic E-state index is -0.658. The van der Waals surface area contributed by atoms with E-state index >= 15 is 0 Å². The number of amides is 1. The molecule has 0 bridgehead atoms. The molecule has 7 nitrogen and oxygen atoms in total. The van der Waals surface area contributed by atoms with E-state index in [1.807, 2.05) is 19.0 Å². The minimum absolute atomic E-state index is 0.0226. The zero-order chi connectivity index (χ0) is 32.6. The first-order valence-corrected chi connectivity index (χ1v) is 18.5. The Morgan fingerprint density at radius 2 is 0.977 bits per heavy atom. The maximum Gasteiger partial charge on any atom is 0.311 e. The number of rotatable bonds is 27. The van der Waals surface area contributed by atoms with E-state index in [2.05, 4.69) is 27.7 Å². The van der Waals surface area contributed by atoms with E-state index in [4.69, 9.17) is 9.47 Å². The molecule has 1 fully saturated rings. The van der Waals surface area contributed by atoms with Crippen LogP contribution < -0.4 is 0 Å². The lowest BCUT2D eigenvalue weighted by Gasteiger charge is -2.20. The first kappa shape index (κ1) is 40.4. The van der Waals surface area contributed by atoms with Crippen molar-refractivity contribution in [2.75, 3.05) is 46.9 Å². The fourth-order valence-electron chi connectivity index (χ4n) is 6.43. The molecule has 0 N–H and O–H groups in total. The third-order valence-electron chi connectivity index (χ3n) is 9.46. The van der Waals surface area contributed by atoms with E-state index < -0.39 is 11.8 Å². The third kappa shape index (κ3) is 17.8. The van der Waals surface area contributed by atoms with E-state index in [1.165, 1.54) is 103 Å². The number of esters is 2. The van der Waals surface area contributed by atoms with Crippen LogP contribution in [0.5, 0.6) is 0 Å². The summed E-state index contributed by atoms with van der Waals surface area (Å²) in [5.41, 5.74) is 0. The van der Waals surface area contributed by atoms with E-state index in [-0.39, 0.29) is 30.9 Å². The standard InChI is InChI=1S/C37H70N2O5/c1-7-11-15-19-31(20-16-12-8-2)24-27-43-36(41)33-29-39(35(40)23-26-38(5)6)30-34(33)37(42)44-28-25-32(21-17-13-9-3)22-18-14-10-4/h31-34H,7-30H2,1-6H3. The number of ether oxygens (including phenoxy) is 2. The number of unbranched alkanes of at least 4 members (excludes halogenated alkanes) is 8. The van der Waals surface area contributed by atoms with Gasteiger partial charge in [0.1, 0.15) is 0 Å². The van der Waals surface area contributed by atoms with Gasteiger partial charge >= 0.3 is 11.9 Å². The summed E-state index contributed by atoms with van der Waals surface area (Å²) >= 11 is 0. The topological polar surface area (TPSA) is 76.2 Å². The van der Waals surface area contributed by atoms with E-state index in [0.29, 0.717) is 38.0 Å². The number of hydrogen-bond acceptors (Lipinski definition) is 6. The molecule has 258 valence electrons. The Hall–Kier alpha value is -1.63. The lowest BCUT2D eigenvalue weighted by Crippen LogP contribution is -2.32. The lowest BCUT2D eigenvalue weighted by atomic mass is 9.92. The summed E-state index contributed by atoms with van der Waals surface area (Å²) in [6, 6.07) is 0. The second kappa shape index (κ2) is 25.5. The molecule has 0 aromatic carbocycles. The van der Waals surface area contributed by atoms with Gasteiger partial charge in [0.15, 0.2) is 0 Å². The van der Waals surface area contributed by atoms with Crippen LogP contribution in [0.1, 0.15) is 150 Å². The van der Waals surface area contributed by atoms with E-state index in [1.54, 1.807) is 4.90 Å². The van der Waals surface area contributed by atoms with Gasteiger partial charge in [0.2, 0.25) is 5.91 Å². The third-order valence-corrected chi connectivity index (χ3v) is 9.46. The average molecular weight is 623 g/mol. The van der Waals surface area contributed by atoms with Crippen LogP contribution in [-0.4, -0.2) is 74.6 Å². The van der Waals surface area contributed by atoms with Gasteiger partial charge in [-0.2, -0.15) is 0 Å². The number of hydrogen-bond donors (Lipinski definition) is 0. The van der Waals surface area contributed by atoms with Crippen LogP contribution in [0.3, 0.4) is 0 Å². The van der Waals surface area contributed by atoms with Crippen molar-refractivity contribution >= 4 is 17.8 Å². The molecule has 0 aromatic rings. The van der Waals surface area contributed by atoms with Crippen LogP contribution in [0, 0.1) is 23.7 Å². The van der Waals surface area contributed by atoms with Gasteiger partial charge in [-0.25, -0.2) is 0 Å². The van der Waals surface area contributed by atoms with Crippen molar-refractivity contribution < 1.29 is 23.9 Å². The second-order valence-corrected chi connectivity index (χ2v) is 13.7. The Labute approximate surface area is 271 Å². The molecule has 1 aliphatic heterocycles. The predicted molar refractivity (Wildman–Crippen MR) is 181 cm³/mol. The Bertz CT molecular complexity index is 688. The van der Waals surface area contributed by atoms with E-state index in [9.17, 15) is 14.4 Å². The largest absolute Gasteiger partial charge is 0.465 e. The first-order chi connectivity index (χ1) is 21.3. The maximum atomic E-state index is 13.4. The second-order valence-electron chi connectivity index (χ2n) is 13.7. The maximum absolute atomic E-state index is 13.4. The molecule has 0 spiro atoms. The van der Waals surface area contributed by atoms with Crippen LogP contribution in [0.25, 0.3) is 0 Å². The van der Waals surface area contributed by atoms with Gasteiger partial charge < -0.3 is 19.3 Å². The van der Waals surface area contributed by atoms with Gasteiger partial charge in [-0.3, -0.25) is 14.4 Å². The molecular formula is C37H70N2O5. The van der Waals surface area contributed by atoms with Crippen molar-refractivity contribution in [2.24, 2.45) is 23.7 Å². The summed E-state index contributed by atoms with van der Waals surface area (Å²) in [5.74, 6) is -0.913. The summed E-state index contributed by atoms with van der Waals surface area (Å²) in [4.78, 5) is 43.4. The Morgan fingerprint density at radius 1 is 0.614 bits per heavy atom. The van der Waals surface area contributed by atoms with Crippen molar-refractivity contribution in [1.29, 1.82) is 0 Å². The van der Waals surface area contributed by atoms with Crippen molar-refractivity contribution in [3.8, 4) is 0 Å². The molecule has 0 saturated carbocycles. The highest BCUT2D eigenvalue weighted by molar-refractivity contribution is 5.86. The molecule has 7 heteroatoms. The molecule has 44 heavy (non-hydrogen) atoms. The Kier molecular flexibility index (Phi) is 23.5. The van der Waals surface area contributed by atoms with Gasteiger partial charge in [0.25, 0.3) is 0 Å². The molecular weight excluding hydrogens is 552 g/mol. The molecule has 0 aromatic heterocycles. The average Bonchev–Trinajstić information content (AvgIpc) is 3.46. The van der Waals surface area contributed by atoms with Crippen LogP contribution in [-0.2, 0) is 23.9 Å². The van der Waals surface area contributed by atoms with Gasteiger partial charge in [0.05, 0.1) is 25.0 Å². The highest BCUT2D eigenvalue weighted by Crippen LogP contribution is 2.29. The van der Waals surface area contributed by atoms with Crippen molar-refractivity contribution in [1.82, 2.24) is 9.80 Å². The molecule has 1 amide bonds. The van der Waals surface area contributed by atoms with Crippen molar-refractivity contribution in [3.05, 3.63) is 0 Å². The summed E-state index contributed by atoms with van der Waals surface area (Å²) in [7, 11) is 3.88. The smallest absolute Gasteiger partial charge is 0.311 e.